The van der Waals surface area contributed by atoms with E-state index >= 15 is 0 Å². The normalized spacial score (nSPS) is 10.0. The van der Waals surface area contributed by atoms with E-state index in [1.165, 1.54) is 18.5 Å². The van der Waals surface area contributed by atoms with Crippen molar-refractivity contribution >= 4 is 11.5 Å². The molecule has 0 atom stereocenters. The van der Waals surface area contributed by atoms with Crippen molar-refractivity contribution in [3.63, 3.8) is 0 Å². The molecule has 0 aliphatic rings. The summed E-state index contributed by atoms with van der Waals surface area (Å²) in [5, 5.41) is 11.0. The summed E-state index contributed by atoms with van der Waals surface area (Å²) in [5.41, 5.74) is 2.72. The highest BCUT2D eigenvalue weighted by Crippen LogP contribution is 2.33. The molecule has 0 saturated carbocycles. The first-order chi connectivity index (χ1) is 9.11. The largest absolute Gasteiger partial charge is 0.430 e. The lowest BCUT2D eigenvalue weighted by atomic mass is 10.2. The number of ether oxygens (including phenoxy) is 1. The lowest BCUT2D eigenvalue weighted by Crippen LogP contribution is -2.09. The molecule has 0 saturated heterocycles. The Labute approximate surface area is 108 Å². The van der Waals surface area contributed by atoms with Gasteiger partial charge in [0.2, 0.25) is 11.6 Å². The van der Waals surface area contributed by atoms with Gasteiger partial charge in [-0.05, 0) is 13.0 Å². The number of hydrazine groups is 1. The average molecular weight is 261 g/mol. The van der Waals surface area contributed by atoms with Crippen LogP contribution < -0.4 is 16.0 Å². The summed E-state index contributed by atoms with van der Waals surface area (Å²) >= 11 is 0. The Bertz CT molecular complexity index is 617. The third-order valence-corrected chi connectivity index (χ3v) is 2.36. The number of nitrogens with zero attached hydrogens (tertiary/aromatic N) is 3. The highest BCUT2D eigenvalue weighted by Gasteiger charge is 2.19. The van der Waals surface area contributed by atoms with Crippen molar-refractivity contribution in [2.45, 2.75) is 6.92 Å². The Morgan fingerprint density at radius 2 is 2.21 bits per heavy atom. The summed E-state index contributed by atoms with van der Waals surface area (Å²) in [7, 11) is 0. The molecule has 0 amide bonds. The zero-order valence-corrected chi connectivity index (χ0v) is 10.0. The first kappa shape index (κ1) is 12.7. The van der Waals surface area contributed by atoms with Crippen molar-refractivity contribution < 1.29 is 9.66 Å². The molecule has 1 aromatic heterocycles. The smallest absolute Gasteiger partial charge is 0.314 e. The predicted octanol–water partition coefficient (Wildman–Crippen LogP) is 1.77. The van der Waals surface area contributed by atoms with Crippen LogP contribution in [0.3, 0.4) is 0 Å². The molecule has 0 aliphatic carbocycles. The number of nitrogens with two attached hydrogens (primary N) is 1. The van der Waals surface area contributed by atoms with Crippen molar-refractivity contribution in [1.82, 2.24) is 9.97 Å². The molecule has 0 aliphatic heterocycles. The van der Waals surface area contributed by atoms with E-state index in [-0.39, 0.29) is 17.3 Å². The van der Waals surface area contributed by atoms with Gasteiger partial charge in [0.15, 0.2) is 5.82 Å². The lowest BCUT2D eigenvalue weighted by molar-refractivity contribution is -0.386. The van der Waals surface area contributed by atoms with Crippen molar-refractivity contribution in [2.24, 2.45) is 5.84 Å². The molecule has 1 heterocycles. The highest BCUT2D eigenvalue weighted by molar-refractivity contribution is 5.53. The quantitative estimate of drug-likeness (QED) is 0.489. The summed E-state index contributed by atoms with van der Waals surface area (Å²) in [5.74, 6) is 5.72. The molecule has 0 radical (unpaired) electrons. The van der Waals surface area contributed by atoms with E-state index in [0.717, 1.165) is 0 Å². The standard InChI is InChI=1S/C11H11N5O3/c1-7-3-2-4-8(11(7)16(17)18)19-10-6-13-5-9(14-10)15-12/h2-6H,12H2,1H3,(H,14,15). The Morgan fingerprint density at radius 1 is 1.42 bits per heavy atom. The number of rotatable bonds is 4. The highest BCUT2D eigenvalue weighted by atomic mass is 16.6. The molecule has 3 N–H and O–H groups in total. The second kappa shape index (κ2) is 5.27. The summed E-state index contributed by atoms with van der Waals surface area (Å²) in [6, 6.07) is 4.79. The fraction of sp³-hybridized carbons (Fsp3) is 0.0909. The maximum atomic E-state index is 11.0. The minimum absolute atomic E-state index is 0.101. The minimum atomic E-state index is -0.497. The number of anilines is 1. The number of nitrogen functional groups attached to an aromatic ring is 1. The molecule has 0 spiro atoms. The Morgan fingerprint density at radius 3 is 2.89 bits per heavy atom. The van der Waals surface area contributed by atoms with Gasteiger partial charge < -0.3 is 10.2 Å². The molecule has 19 heavy (non-hydrogen) atoms. The summed E-state index contributed by atoms with van der Waals surface area (Å²) in [6.07, 6.45) is 2.74. The number of para-hydroxylation sites is 1. The molecule has 2 rings (SSSR count). The number of aryl methyl sites for hydroxylation is 1. The van der Waals surface area contributed by atoms with E-state index in [1.54, 1.807) is 19.1 Å². The van der Waals surface area contributed by atoms with Crippen molar-refractivity contribution in [3.8, 4) is 11.6 Å². The van der Waals surface area contributed by atoms with Crippen molar-refractivity contribution in [2.75, 3.05) is 5.43 Å². The number of nitro groups is 1. The van der Waals surface area contributed by atoms with Gasteiger partial charge in [-0.1, -0.05) is 12.1 Å². The summed E-state index contributed by atoms with van der Waals surface area (Å²) in [6.45, 7) is 1.63. The summed E-state index contributed by atoms with van der Waals surface area (Å²) < 4.78 is 5.38. The topological polar surface area (TPSA) is 116 Å². The first-order valence-corrected chi connectivity index (χ1v) is 5.32. The molecular formula is C11H11N5O3. The van der Waals surface area contributed by atoms with Crippen LogP contribution in [0, 0.1) is 17.0 Å². The maximum Gasteiger partial charge on any atom is 0.314 e. The van der Waals surface area contributed by atoms with Crippen LogP contribution in [0.5, 0.6) is 11.6 Å². The fourth-order valence-electron chi connectivity index (χ4n) is 1.53. The van der Waals surface area contributed by atoms with Crippen LogP contribution >= 0.6 is 0 Å². The van der Waals surface area contributed by atoms with Gasteiger partial charge in [-0.2, -0.15) is 4.98 Å². The van der Waals surface area contributed by atoms with Crippen LogP contribution in [0.4, 0.5) is 11.5 Å². The molecule has 8 heteroatoms. The number of benzene rings is 1. The summed E-state index contributed by atoms with van der Waals surface area (Å²) in [4.78, 5) is 18.3. The van der Waals surface area contributed by atoms with Gasteiger partial charge in [0.1, 0.15) is 0 Å². The maximum absolute atomic E-state index is 11.0. The van der Waals surface area contributed by atoms with E-state index in [0.29, 0.717) is 11.4 Å². The Balaban J connectivity index is 2.38. The second-order valence-electron chi connectivity index (χ2n) is 3.67. The van der Waals surface area contributed by atoms with Crippen molar-refractivity contribution in [3.05, 3.63) is 46.3 Å². The van der Waals surface area contributed by atoms with Gasteiger partial charge in [0.25, 0.3) is 0 Å². The SMILES string of the molecule is Cc1cccc(Oc2cncc(NN)n2)c1[N+](=O)[O-]. The van der Waals surface area contributed by atoms with Gasteiger partial charge in [-0.15, -0.1) is 0 Å². The van der Waals surface area contributed by atoms with Crippen LogP contribution in [-0.2, 0) is 0 Å². The predicted molar refractivity (Wildman–Crippen MR) is 67.7 cm³/mol. The number of nitrogens with one attached hydrogen (secondary N) is 1. The molecule has 1 aromatic carbocycles. The molecule has 0 bridgehead atoms. The number of hydrogen-bond donors (Lipinski definition) is 2. The van der Waals surface area contributed by atoms with E-state index < -0.39 is 4.92 Å². The zero-order chi connectivity index (χ0) is 13.8. The van der Waals surface area contributed by atoms with Crippen LogP contribution in [0.2, 0.25) is 0 Å². The van der Waals surface area contributed by atoms with Crippen molar-refractivity contribution in [1.29, 1.82) is 0 Å². The first-order valence-electron chi connectivity index (χ1n) is 5.32. The van der Waals surface area contributed by atoms with Crippen LogP contribution in [0.1, 0.15) is 5.56 Å². The Hall–Kier alpha value is -2.74. The Kier molecular flexibility index (Phi) is 3.53. The number of hydrogen-bond acceptors (Lipinski definition) is 7. The van der Waals surface area contributed by atoms with Gasteiger partial charge in [-0.3, -0.25) is 15.1 Å². The molecule has 0 fully saturated rings. The van der Waals surface area contributed by atoms with Gasteiger partial charge in [0.05, 0.1) is 17.3 Å². The van der Waals surface area contributed by atoms with E-state index in [2.05, 4.69) is 15.4 Å². The lowest BCUT2D eigenvalue weighted by Gasteiger charge is -2.07. The fourth-order valence-corrected chi connectivity index (χ4v) is 1.53. The van der Waals surface area contributed by atoms with Gasteiger partial charge >= 0.3 is 5.69 Å². The molecular weight excluding hydrogens is 250 g/mol. The molecule has 0 unspecified atom stereocenters. The third-order valence-electron chi connectivity index (χ3n) is 2.36. The van der Waals surface area contributed by atoms with Gasteiger partial charge in [-0.25, -0.2) is 5.84 Å². The second-order valence-corrected chi connectivity index (χ2v) is 3.67. The molecule has 2 aromatic rings. The van der Waals surface area contributed by atoms with Crippen LogP contribution in [-0.4, -0.2) is 14.9 Å². The number of nitro benzene ring substituents is 1. The van der Waals surface area contributed by atoms with Crippen LogP contribution in [0.15, 0.2) is 30.6 Å². The minimum Gasteiger partial charge on any atom is -0.430 e. The zero-order valence-electron chi connectivity index (χ0n) is 10.0. The van der Waals surface area contributed by atoms with Crippen LogP contribution in [0.25, 0.3) is 0 Å². The third kappa shape index (κ3) is 2.75. The molecule has 98 valence electrons. The molecule has 8 nitrogen and oxygen atoms in total. The average Bonchev–Trinajstić information content (AvgIpc) is 2.38. The van der Waals surface area contributed by atoms with E-state index in [1.807, 2.05) is 0 Å². The number of aromatic nitrogens is 2. The monoisotopic (exact) mass is 261 g/mol. The van der Waals surface area contributed by atoms with E-state index in [9.17, 15) is 10.1 Å². The van der Waals surface area contributed by atoms with E-state index in [4.69, 9.17) is 10.6 Å². The van der Waals surface area contributed by atoms with Gasteiger partial charge in [0, 0.05) is 5.56 Å².